The zero-order chi connectivity index (χ0) is 12.6. The molecule has 0 saturated heterocycles. The van der Waals surface area contributed by atoms with Crippen LogP contribution in [0.5, 0.6) is 0 Å². The maximum absolute atomic E-state index is 8.97. The van der Waals surface area contributed by atoms with Crippen molar-refractivity contribution in [1.82, 2.24) is 0 Å². The van der Waals surface area contributed by atoms with Crippen molar-refractivity contribution >= 4 is 0 Å². The molecule has 0 spiro atoms. The summed E-state index contributed by atoms with van der Waals surface area (Å²) in [5, 5.41) is 8.97. The molecule has 5 atom stereocenters. The third kappa shape index (κ3) is 2.43. The Morgan fingerprint density at radius 2 is 2.06 bits per heavy atom. The molecule has 0 bridgehead atoms. The highest BCUT2D eigenvalue weighted by molar-refractivity contribution is 5.15. The summed E-state index contributed by atoms with van der Waals surface area (Å²) in [6.45, 7) is 9.13. The highest BCUT2D eigenvalue weighted by atomic mass is 17.1. The quantitative estimate of drug-likeness (QED) is 0.445. The van der Waals surface area contributed by atoms with E-state index < -0.39 is 0 Å². The molecule has 2 aliphatic carbocycles. The first-order chi connectivity index (χ1) is 8.04. The van der Waals surface area contributed by atoms with E-state index in [0.29, 0.717) is 11.8 Å². The minimum Gasteiger partial charge on any atom is -0.251 e. The van der Waals surface area contributed by atoms with Gasteiger partial charge in [0.25, 0.3) is 0 Å². The van der Waals surface area contributed by atoms with Crippen LogP contribution < -0.4 is 0 Å². The van der Waals surface area contributed by atoms with Crippen LogP contribution in [0.25, 0.3) is 0 Å². The average Bonchev–Trinajstić information content (AvgIpc) is 2.28. The van der Waals surface area contributed by atoms with Gasteiger partial charge in [-0.05, 0) is 54.9 Å². The predicted octanol–water partition coefficient (Wildman–Crippen LogP) is 4.13. The van der Waals surface area contributed by atoms with Gasteiger partial charge < -0.3 is 0 Å². The van der Waals surface area contributed by atoms with Gasteiger partial charge >= 0.3 is 0 Å². The zero-order valence-corrected chi connectivity index (χ0v) is 11.5. The molecule has 0 unspecified atom stereocenters. The van der Waals surface area contributed by atoms with Gasteiger partial charge in [-0.15, -0.1) is 0 Å². The van der Waals surface area contributed by atoms with Crippen LogP contribution in [0.15, 0.2) is 11.6 Å². The summed E-state index contributed by atoms with van der Waals surface area (Å²) in [5.74, 6) is 3.72. The summed E-state index contributed by atoms with van der Waals surface area (Å²) < 4.78 is 0. The second-order valence-electron chi connectivity index (χ2n) is 6.44. The Morgan fingerprint density at radius 1 is 1.35 bits per heavy atom. The Bertz CT molecular complexity index is 295. The lowest BCUT2D eigenvalue weighted by Gasteiger charge is -2.46. The molecule has 0 heterocycles. The molecule has 0 amide bonds. The van der Waals surface area contributed by atoms with Crippen LogP contribution in [-0.2, 0) is 4.89 Å². The number of hydrogen-bond acceptors (Lipinski definition) is 2. The molecule has 2 heteroatoms. The zero-order valence-electron chi connectivity index (χ0n) is 11.5. The van der Waals surface area contributed by atoms with E-state index in [0.717, 1.165) is 24.2 Å². The monoisotopic (exact) mass is 238 g/mol. The smallest absolute Gasteiger partial charge is 0.114 e. The number of hydrogen-bond donors (Lipinski definition) is 1. The molecule has 0 radical (unpaired) electrons. The maximum Gasteiger partial charge on any atom is 0.114 e. The van der Waals surface area contributed by atoms with Gasteiger partial charge in [0.05, 0.1) is 0 Å². The van der Waals surface area contributed by atoms with Gasteiger partial charge in [-0.3, -0.25) is 5.26 Å². The van der Waals surface area contributed by atoms with Crippen molar-refractivity contribution in [1.29, 1.82) is 0 Å². The van der Waals surface area contributed by atoms with Gasteiger partial charge in [0.2, 0.25) is 0 Å². The molecule has 1 saturated carbocycles. The van der Waals surface area contributed by atoms with Gasteiger partial charge in [-0.25, -0.2) is 4.89 Å². The molecular formula is C15H26O2. The number of allylic oxidation sites excluding steroid dienone is 1. The average molecular weight is 238 g/mol. The Kier molecular flexibility index (Phi) is 3.94. The van der Waals surface area contributed by atoms with Crippen molar-refractivity contribution in [3.63, 3.8) is 0 Å². The van der Waals surface area contributed by atoms with E-state index in [-0.39, 0.29) is 6.10 Å². The molecule has 2 rings (SSSR count). The second-order valence-corrected chi connectivity index (χ2v) is 6.44. The van der Waals surface area contributed by atoms with E-state index in [9.17, 15) is 0 Å². The molecule has 0 aromatic rings. The predicted molar refractivity (Wildman–Crippen MR) is 69.6 cm³/mol. The third-order valence-corrected chi connectivity index (χ3v) is 5.11. The van der Waals surface area contributed by atoms with E-state index in [4.69, 9.17) is 5.26 Å². The summed E-state index contributed by atoms with van der Waals surface area (Å²) in [5.41, 5.74) is 1.22. The summed E-state index contributed by atoms with van der Waals surface area (Å²) >= 11 is 0. The van der Waals surface area contributed by atoms with E-state index in [1.165, 1.54) is 18.4 Å². The van der Waals surface area contributed by atoms with E-state index in [1.54, 1.807) is 0 Å². The van der Waals surface area contributed by atoms with Crippen LogP contribution in [-0.4, -0.2) is 11.4 Å². The van der Waals surface area contributed by atoms with Crippen molar-refractivity contribution in [3.05, 3.63) is 11.6 Å². The largest absolute Gasteiger partial charge is 0.251 e. The van der Waals surface area contributed by atoms with Crippen LogP contribution in [0.2, 0.25) is 0 Å². The molecule has 2 nitrogen and oxygen atoms in total. The lowest BCUT2D eigenvalue weighted by Crippen LogP contribution is -2.40. The fourth-order valence-electron chi connectivity index (χ4n) is 3.94. The highest BCUT2D eigenvalue weighted by Gasteiger charge is 2.41. The van der Waals surface area contributed by atoms with Crippen molar-refractivity contribution < 1.29 is 10.1 Å². The van der Waals surface area contributed by atoms with Crippen LogP contribution in [0.4, 0.5) is 0 Å². The number of fused-ring (bicyclic) bond motifs is 1. The Labute approximate surface area is 105 Å². The second kappa shape index (κ2) is 5.11. The standard InChI is InChI=1S/C15H26O2/c1-9(2)12-6-5-10(3)13-8-15(17-16)11(4)7-14(12)13/h7,9-10,12-16H,5-6,8H2,1-4H3/t10-,12+,13+,14-,15-/m1/s1. The minimum absolute atomic E-state index is 0.0652. The lowest BCUT2D eigenvalue weighted by molar-refractivity contribution is -0.275. The Hall–Kier alpha value is -0.340. The van der Waals surface area contributed by atoms with E-state index >= 15 is 0 Å². The summed E-state index contributed by atoms with van der Waals surface area (Å²) in [7, 11) is 0. The molecule has 1 fully saturated rings. The first-order valence-electron chi connectivity index (χ1n) is 7.03. The van der Waals surface area contributed by atoms with Crippen LogP contribution in [0, 0.1) is 29.6 Å². The minimum atomic E-state index is -0.0652. The molecule has 1 N–H and O–H groups in total. The first-order valence-corrected chi connectivity index (χ1v) is 7.03. The van der Waals surface area contributed by atoms with Crippen molar-refractivity contribution in [2.45, 2.75) is 53.1 Å². The molecule has 0 aliphatic heterocycles. The van der Waals surface area contributed by atoms with Crippen LogP contribution in [0.3, 0.4) is 0 Å². The van der Waals surface area contributed by atoms with Crippen LogP contribution >= 0.6 is 0 Å². The summed E-state index contributed by atoms with van der Waals surface area (Å²) in [6, 6.07) is 0. The normalized spacial score (nSPS) is 42.2. The van der Waals surface area contributed by atoms with Crippen molar-refractivity contribution in [2.75, 3.05) is 0 Å². The fraction of sp³-hybridized carbons (Fsp3) is 0.867. The number of rotatable bonds is 2. The SMILES string of the molecule is CC1=C[C@H]2[C@@H](C[C@H]1OO)[C@H](C)CC[C@H]2C(C)C. The topological polar surface area (TPSA) is 29.5 Å². The fourth-order valence-corrected chi connectivity index (χ4v) is 3.94. The highest BCUT2D eigenvalue weighted by Crippen LogP contribution is 2.48. The molecule has 17 heavy (non-hydrogen) atoms. The van der Waals surface area contributed by atoms with Crippen molar-refractivity contribution in [3.8, 4) is 0 Å². The van der Waals surface area contributed by atoms with E-state index in [2.05, 4.69) is 38.7 Å². The van der Waals surface area contributed by atoms with Crippen LogP contribution in [0.1, 0.15) is 47.0 Å². The van der Waals surface area contributed by atoms with Gasteiger partial charge in [-0.2, -0.15) is 0 Å². The van der Waals surface area contributed by atoms with Crippen molar-refractivity contribution in [2.24, 2.45) is 29.6 Å². The molecule has 2 aliphatic rings. The Morgan fingerprint density at radius 3 is 2.65 bits per heavy atom. The van der Waals surface area contributed by atoms with Gasteiger partial charge in [0.15, 0.2) is 0 Å². The lowest BCUT2D eigenvalue weighted by atomic mass is 9.60. The Balaban J connectivity index is 2.24. The third-order valence-electron chi connectivity index (χ3n) is 5.11. The maximum atomic E-state index is 8.97. The van der Waals surface area contributed by atoms with E-state index in [1.807, 2.05) is 0 Å². The molecule has 98 valence electrons. The van der Waals surface area contributed by atoms with Gasteiger partial charge in [0.1, 0.15) is 6.10 Å². The first kappa shape index (κ1) is 13.1. The summed E-state index contributed by atoms with van der Waals surface area (Å²) in [6.07, 6.45) is 6.00. The molecule has 0 aromatic heterocycles. The summed E-state index contributed by atoms with van der Waals surface area (Å²) in [4.78, 5) is 4.63. The molecular weight excluding hydrogens is 212 g/mol. The molecule has 0 aromatic carbocycles. The van der Waals surface area contributed by atoms with Gasteiger partial charge in [0, 0.05) is 0 Å². The van der Waals surface area contributed by atoms with Gasteiger partial charge in [-0.1, -0.05) is 33.3 Å².